The number of Topliss-reactive ketones (excluding diaryl/α,β-unsaturated/α-hetero) is 1. The van der Waals surface area contributed by atoms with Gasteiger partial charge in [0.2, 0.25) is 0 Å². The van der Waals surface area contributed by atoms with E-state index in [1.165, 1.54) is 4.90 Å². The van der Waals surface area contributed by atoms with Gasteiger partial charge in [-0.25, -0.2) is 4.79 Å². The summed E-state index contributed by atoms with van der Waals surface area (Å²) in [5.74, 6) is 0.189. The van der Waals surface area contributed by atoms with Gasteiger partial charge < -0.3 is 10.0 Å². The van der Waals surface area contributed by atoms with E-state index in [9.17, 15) is 9.59 Å². The number of hydrogen-bond donors (Lipinski definition) is 1. The minimum Gasteiger partial charge on any atom is -0.465 e. The third-order valence-corrected chi connectivity index (χ3v) is 4.81. The van der Waals surface area contributed by atoms with Gasteiger partial charge in [0.05, 0.1) is 0 Å². The topological polar surface area (TPSA) is 57.6 Å². The highest BCUT2D eigenvalue weighted by molar-refractivity contribution is 9.10. The number of rotatable bonds is 0. The van der Waals surface area contributed by atoms with E-state index in [0.717, 1.165) is 22.0 Å². The molecule has 19 heavy (non-hydrogen) atoms. The first-order valence-electron chi connectivity index (χ1n) is 6.33. The molecule has 5 heteroatoms. The monoisotopic (exact) mass is 323 g/mol. The average molecular weight is 324 g/mol. The van der Waals surface area contributed by atoms with Crippen LogP contribution in [0.2, 0.25) is 0 Å². The van der Waals surface area contributed by atoms with Crippen LogP contribution >= 0.6 is 15.9 Å². The molecule has 1 amide bonds. The van der Waals surface area contributed by atoms with Gasteiger partial charge in [0.15, 0.2) is 5.78 Å². The summed E-state index contributed by atoms with van der Waals surface area (Å²) < 4.78 is 0.916. The Balaban J connectivity index is 1.86. The number of ketones is 1. The van der Waals surface area contributed by atoms with Crippen molar-refractivity contribution < 1.29 is 14.7 Å². The molecule has 0 atom stereocenters. The van der Waals surface area contributed by atoms with Crippen LogP contribution in [0.15, 0.2) is 22.7 Å². The zero-order chi connectivity index (χ0) is 13.6. The van der Waals surface area contributed by atoms with E-state index >= 15 is 0 Å². The largest absolute Gasteiger partial charge is 0.465 e. The van der Waals surface area contributed by atoms with Crippen LogP contribution < -0.4 is 0 Å². The molecule has 1 heterocycles. The Labute approximate surface area is 119 Å². The van der Waals surface area contributed by atoms with Crippen LogP contribution in [0.25, 0.3) is 0 Å². The van der Waals surface area contributed by atoms with Crippen molar-refractivity contribution in [3.05, 3.63) is 33.8 Å². The lowest BCUT2D eigenvalue weighted by molar-refractivity contribution is 0.0621. The second-order valence-corrected chi connectivity index (χ2v) is 6.27. The molecule has 4 nitrogen and oxygen atoms in total. The van der Waals surface area contributed by atoms with E-state index in [1.807, 2.05) is 18.2 Å². The lowest BCUT2D eigenvalue weighted by Gasteiger charge is -2.36. The predicted octanol–water partition coefficient (Wildman–Crippen LogP) is 2.95. The molecule has 1 saturated heterocycles. The van der Waals surface area contributed by atoms with E-state index in [1.54, 1.807) is 0 Å². The zero-order valence-corrected chi connectivity index (χ0v) is 11.9. The Morgan fingerprint density at radius 2 is 2.00 bits per heavy atom. The maximum absolute atomic E-state index is 12.6. The molecule has 1 N–H and O–H groups in total. The lowest BCUT2D eigenvalue weighted by atomic mass is 9.75. The maximum atomic E-state index is 12.6. The molecular weight excluding hydrogens is 310 g/mol. The van der Waals surface area contributed by atoms with Gasteiger partial charge in [-0.2, -0.15) is 0 Å². The van der Waals surface area contributed by atoms with Gasteiger partial charge in [0.1, 0.15) is 0 Å². The number of carbonyl (C=O) groups is 2. The zero-order valence-electron chi connectivity index (χ0n) is 10.4. The van der Waals surface area contributed by atoms with Crippen molar-refractivity contribution in [1.82, 2.24) is 4.90 Å². The third kappa shape index (κ3) is 1.96. The van der Waals surface area contributed by atoms with Crippen molar-refractivity contribution in [1.29, 1.82) is 0 Å². The minimum absolute atomic E-state index is 0.189. The molecule has 0 bridgehead atoms. The SMILES string of the molecule is O=C(O)N1CCC2(CC1)Cc1ccc(Br)cc1C2=O. The van der Waals surface area contributed by atoms with E-state index < -0.39 is 6.09 Å². The van der Waals surface area contributed by atoms with E-state index in [2.05, 4.69) is 15.9 Å². The molecule has 1 spiro atoms. The number of amides is 1. The normalized spacial score (nSPS) is 20.7. The molecule has 1 aromatic rings. The summed E-state index contributed by atoms with van der Waals surface area (Å²) in [6.45, 7) is 0.909. The van der Waals surface area contributed by atoms with Crippen LogP contribution in [-0.4, -0.2) is 35.0 Å². The standard InChI is InChI=1S/C14H14BrNO3/c15-10-2-1-9-8-14(12(17)11(9)7-10)3-5-16(6-4-14)13(18)19/h1-2,7H,3-6,8H2,(H,18,19). The smallest absolute Gasteiger partial charge is 0.407 e. The number of piperidine rings is 1. The Morgan fingerprint density at radius 1 is 1.32 bits per heavy atom. The molecule has 1 aromatic carbocycles. The molecule has 1 fully saturated rings. The number of carbonyl (C=O) groups excluding carboxylic acids is 1. The fourth-order valence-corrected chi connectivity index (χ4v) is 3.54. The van der Waals surface area contributed by atoms with Crippen LogP contribution in [0.1, 0.15) is 28.8 Å². The number of fused-ring (bicyclic) bond motifs is 1. The van der Waals surface area contributed by atoms with Crippen LogP contribution in [0.4, 0.5) is 4.79 Å². The van der Waals surface area contributed by atoms with E-state index in [-0.39, 0.29) is 11.2 Å². The van der Waals surface area contributed by atoms with Crippen molar-refractivity contribution in [2.75, 3.05) is 13.1 Å². The third-order valence-electron chi connectivity index (χ3n) is 4.32. The van der Waals surface area contributed by atoms with Crippen LogP contribution in [0, 0.1) is 5.41 Å². The van der Waals surface area contributed by atoms with Crippen molar-refractivity contribution in [3.63, 3.8) is 0 Å². The Bertz CT molecular complexity index is 562. The van der Waals surface area contributed by atoms with Crippen LogP contribution in [0.5, 0.6) is 0 Å². The summed E-state index contributed by atoms with van der Waals surface area (Å²) >= 11 is 3.40. The summed E-state index contributed by atoms with van der Waals surface area (Å²) in [7, 11) is 0. The average Bonchev–Trinajstić information content (AvgIpc) is 2.64. The predicted molar refractivity (Wildman–Crippen MR) is 73.4 cm³/mol. The minimum atomic E-state index is -0.888. The number of halogens is 1. The summed E-state index contributed by atoms with van der Waals surface area (Å²) in [5.41, 5.74) is 1.53. The van der Waals surface area contributed by atoms with Crippen molar-refractivity contribution in [2.24, 2.45) is 5.41 Å². The molecule has 3 rings (SSSR count). The van der Waals surface area contributed by atoms with Gasteiger partial charge in [-0.3, -0.25) is 4.79 Å². The summed E-state index contributed by atoms with van der Waals surface area (Å²) in [5, 5.41) is 8.98. The molecular formula is C14H14BrNO3. The highest BCUT2D eigenvalue weighted by atomic mass is 79.9. The number of nitrogens with zero attached hydrogens (tertiary/aromatic N) is 1. The molecule has 1 aliphatic carbocycles. The second-order valence-electron chi connectivity index (χ2n) is 5.36. The molecule has 0 radical (unpaired) electrons. The molecule has 2 aliphatic rings. The maximum Gasteiger partial charge on any atom is 0.407 e. The Kier molecular flexibility index (Phi) is 2.89. The lowest BCUT2D eigenvalue weighted by Crippen LogP contribution is -2.45. The fraction of sp³-hybridized carbons (Fsp3) is 0.429. The Hall–Kier alpha value is -1.36. The molecule has 1 aliphatic heterocycles. The highest BCUT2D eigenvalue weighted by Crippen LogP contribution is 2.45. The Morgan fingerprint density at radius 3 is 2.63 bits per heavy atom. The van der Waals surface area contributed by atoms with Crippen LogP contribution in [-0.2, 0) is 6.42 Å². The van der Waals surface area contributed by atoms with E-state index in [0.29, 0.717) is 25.9 Å². The van der Waals surface area contributed by atoms with E-state index in [4.69, 9.17) is 5.11 Å². The van der Waals surface area contributed by atoms with Gasteiger partial charge in [-0.15, -0.1) is 0 Å². The van der Waals surface area contributed by atoms with Crippen molar-refractivity contribution >= 4 is 27.8 Å². The fourth-order valence-electron chi connectivity index (χ4n) is 3.17. The first-order valence-corrected chi connectivity index (χ1v) is 7.12. The molecule has 0 aromatic heterocycles. The highest BCUT2D eigenvalue weighted by Gasteiger charge is 2.47. The van der Waals surface area contributed by atoms with Gasteiger partial charge in [0, 0.05) is 28.5 Å². The number of hydrogen-bond acceptors (Lipinski definition) is 2. The molecule has 0 unspecified atom stereocenters. The summed E-state index contributed by atoms with van der Waals surface area (Å²) in [6, 6.07) is 5.84. The van der Waals surface area contributed by atoms with Gasteiger partial charge in [-0.05, 0) is 37.0 Å². The molecule has 100 valence electrons. The number of carboxylic acid groups (broad SMARTS) is 1. The van der Waals surface area contributed by atoms with Crippen LogP contribution in [0.3, 0.4) is 0 Å². The van der Waals surface area contributed by atoms with Crippen molar-refractivity contribution in [2.45, 2.75) is 19.3 Å². The first kappa shape index (κ1) is 12.7. The quantitative estimate of drug-likeness (QED) is 0.798. The number of benzene rings is 1. The summed E-state index contributed by atoms with van der Waals surface area (Å²) in [4.78, 5) is 25.0. The summed E-state index contributed by atoms with van der Waals surface area (Å²) in [6.07, 6.45) is 1.12. The number of likely N-dealkylation sites (tertiary alicyclic amines) is 1. The van der Waals surface area contributed by atoms with Gasteiger partial charge in [0.25, 0.3) is 0 Å². The molecule has 0 saturated carbocycles. The van der Waals surface area contributed by atoms with Gasteiger partial charge >= 0.3 is 6.09 Å². The van der Waals surface area contributed by atoms with Gasteiger partial charge in [-0.1, -0.05) is 22.0 Å². The van der Waals surface area contributed by atoms with Crippen molar-refractivity contribution in [3.8, 4) is 0 Å². The second kappa shape index (κ2) is 4.34. The first-order chi connectivity index (χ1) is 9.02.